The molecule has 20 heavy (non-hydrogen) atoms. The van der Waals surface area contributed by atoms with E-state index in [0.29, 0.717) is 5.03 Å². The average molecular weight is 289 g/mol. The fourth-order valence-corrected chi connectivity index (χ4v) is 2.74. The van der Waals surface area contributed by atoms with E-state index in [1.807, 2.05) is 24.3 Å². The molecule has 0 spiro atoms. The Bertz CT molecular complexity index is 764. The van der Waals surface area contributed by atoms with Crippen molar-refractivity contribution in [1.29, 1.82) is 0 Å². The Labute approximate surface area is 117 Å². The Morgan fingerprint density at radius 2 is 1.75 bits per heavy atom. The van der Waals surface area contributed by atoms with Gasteiger partial charge in [0, 0.05) is 16.5 Å². The van der Waals surface area contributed by atoms with Gasteiger partial charge in [0.25, 0.3) is 0 Å². The van der Waals surface area contributed by atoms with Crippen molar-refractivity contribution in [2.24, 2.45) is 0 Å². The summed E-state index contributed by atoms with van der Waals surface area (Å²) in [4.78, 5) is -0.134. The summed E-state index contributed by atoms with van der Waals surface area (Å²) in [5.74, 6) is -1.41. The van der Waals surface area contributed by atoms with Crippen LogP contribution < -0.4 is 5.73 Å². The molecule has 0 unspecified atom stereocenters. The maximum Gasteiger partial charge on any atom is 0.142 e. The maximum atomic E-state index is 13.8. The largest absolute Gasteiger partial charge is 0.399 e. The second-order valence-electron chi connectivity index (χ2n) is 4.15. The van der Waals surface area contributed by atoms with Crippen LogP contribution in [0.2, 0.25) is 0 Å². The number of nitrogens with two attached hydrogens (primary N) is 1. The maximum absolute atomic E-state index is 13.8. The highest BCUT2D eigenvalue weighted by Crippen LogP contribution is 2.35. The summed E-state index contributed by atoms with van der Waals surface area (Å²) < 4.78 is 27.6. The zero-order chi connectivity index (χ0) is 14.1. The van der Waals surface area contributed by atoms with Gasteiger partial charge in [-0.25, -0.2) is 8.78 Å². The van der Waals surface area contributed by atoms with Gasteiger partial charge in [-0.05, 0) is 12.1 Å². The molecule has 0 saturated carbocycles. The molecule has 1 heterocycles. The van der Waals surface area contributed by atoms with Crippen LogP contribution in [0.25, 0.3) is 10.8 Å². The highest BCUT2D eigenvalue weighted by atomic mass is 32.2. The van der Waals surface area contributed by atoms with E-state index in [1.165, 1.54) is 0 Å². The third kappa shape index (κ3) is 2.30. The minimum absolute atomic E-state index is 0.0494. The SMILES string of the molecule is Nc1cc(F)c(Sc2nncc3ccccc23)c(F)c1. The van der Waals surface area contributed by atoms with Crippen LogP contribution in [0.4, 0.5) is 14.5 Å². The van der Waals surface area contributed by atoms with Crippen LogP contribution >= 0.6 is 11.8 Å². The molecular weight excluding hydrogens is 280 g/mol. The molecule has 0 radical (unpaired) electrons. The monoisotopic (exact) mass is 289 g/mol. The zero-order valence-corrected chi connectivity index (χ0v) is 11.0. The van der Waals surface area contributed by atoms with E-state index < -0.39 is 11.6 Å². The molecule has 3 nitrogen and oxygen atoms in total. The molecule has 0 aliphatic carbocycles. The van der Waals surface area contributed by atoms with Gasteiger partial charge in [-0.3, -0.25) is 0 Å². The van der Waals surface area contributed by atoms with Crippen LogP contribution in [0.15, 0.2) is 52.5 Å². The molecule has 3 rings (SSSR count). The minimum atomic E-state index is -0.706. The first-order chi connectivity index (χ1) is 9.65. The standard InChI is InChI=1S/C14H9F2N3S/c15-11-5-9(17)6-12(16)13(11)20-14-10-4-2-1-3-8(10)7-18-19-14/h1-7H,17H2. The number of hydrogen-bond acceptors (Lipinski definition) is 4. The quantitative estimate of drug-likeness (QED) is 0.732. The van der Waals surface area contributed by atoms with Crippen molar-refractivity contribution >= 4 is 28.2 Å². The number of rotatable bonds is 2. The molecule has 6 heteroatoms. The fraction of sp³-hybridized carbons (Fsp3) is 0. The number of anilines is 1. The first-order valence-corrected chi connectivity index (χ1v) is 6.59. The molecule has 0 amide bonds. The van der Waals surface area contributed by atoms with Crippen LogP contribution in [0.1, 0.15) is 0 Å². The fourth-order valence-electron chi connectivity index (χ4n) is 1.85. The molecule has 0 aliphatic rings. The van der Waals surface area contributed by atoms with Crippen molar-refractivity contribution in [2.75, 3.05) is 5.73 Å². The molecule has 2 aromatic carbocycles. The summed E-state index contributed by atoms with van der Waals surface area (Å²) in [6, 6.07) is 9.57. The van der Waals surface area contributed by atoms with Crippen LogP contribution in [0, 0.1) is 11.6 Å². The van der Waals surface area contributed by atoms with E-state index >= 15 is 0 Å². The number of benzene rings is 2. The Balaban J connectivity index is 2.10. The number of fused-ring (bicyclic) bond motifs is 1. The number of nitrogens with zero attached hydrogens (tertiary/aromatic N) is 2. The zero-order valence-electron chi connectivity index (χ0n) is 10.2. The van der Waals surface area contributed by atoms with Crippen LogP contribution in [0.5, 0.6) is 0 Å². The van der Waals surface area contributed by atoms with Gasteiger partial charge >= 0.3 is 0 Å². The lowest BCUT2D eigenvalue weighted by atomic mass is 10.2. The van der Waals surface area contributed by atoms with Crippen molar-refractivity contribution in [3.8, 4) is 0 Å². The summed E-state index contributed by atoms with van der Waals surface area (Å²) >= 11 is 0.900. The summed E-state index contributed by atoms with van der Waals surface area (Å²) in [7, 11) is 0. The lowest BCUT2D eigenvalue weighted by molar-refractivity contribution is 0.541. The van der Waals surface area contributed by atoms with Gasteiger partial charge < -0.3 is 5.73 Å². The predicted octanol–water partition coefficient (Wildman–Crippen LogP) is 3.64. The Kier molecular flexibility index (Phi) is 3.23. The Morgan fingerprint density at radius 1 is 1.05 bits per heavy atom. The van der Waals surface area contributed by atoms with Gasteiger partial charge in [0.1, 0.15) is 16.7 Å². The summed E-state index contributed by atoms with van der Waals surface area (Å²) in [5.41, 5.74) is 5.44. The van der Waals surface area contributed by atoms with Gasteiger partial charge in [-0.1, -0.05) is 36.0 Å². The minimum Gasteiger partial charge on any atom is -0.399 e. The molecule has 2 N–H and O–H groups in total. The Morgan fingerprint density at radius 3 is 2.50 bits per heavy atom. The summed E-state index contributed by atoms with van der Waals surface area (Å²) in [6.07, 6.45) is 1.61. The van der Waals surface area contributed by atoms with Gasteiger partial charge in [0.05, 0.1) is 11.1 Å². The number of nitrogen functional groups attached to an aromatic ring is 1. The van der Waals surface area contributed by atoms with E-state index in [1.54, 1.807) is 6.20 Å². The third-order valence-corrected chi connectivity index (χ3v) is 3.84. The van der Waals surface area contributed by atoms with Crippen LogP contribution in [0.3, 0.4) is 0 Å². The van der Waals surface area contributed by atoms with E-state index in [-0.39, 0.29) is 10.6 Å². The lowest BCUT2D eigenvalue weighted by Crippen LogP contribution is -1.94. The van der Waals surface area contributed by atoms with Crippen molar-refractivity contribution in [3.63, 3.8) is 0 Å². The van der Waals surface area contributed by atoms with Crippen LogP contribution in [-0.2, 0) is 0 Å². The molecule has 1 aromatic heterocycles. The van der Waals surface area contributed by atoms with E-state index in [2.05, 4.69) is 10.2 Å². The molecule has 0 bridgehead atoms. The normalized spacial score (nSPS) is 10.9. The van der Waals surface area contributed by atoms with Crippen LogP contribution in [-0.4, -0.2) is 10.2 Å². The number of halogens is 2. The van der Waals surface area contributed by atoms with Crippen molar-refractivity contribution in [1.82, 2.24) is 10.2 Å². The first-order valence-electron chi connectivity index (χ1n) is 5.78. The summed E-state index contributed by atoms with van der Waals surface area (Å²) in [5, 5.41) is 9.91. The van der Waals surface area contributed by atoms with Gasteiger partial charge in [0.15, 0.2) is 0 Å². The second kappa shape index (κ2) is 5.05. The van der Waals surface area contributed by atoms with E-state index in [0.717, 1.165) is 34.7 Å². The van der Waals surface area contributed by atoms with E-state index in [4.69, 9.17) is 5.73 Å². The molecule has 0 saturated heterocycles. The number of hydrogen-bond donors (Lipinski definition) is 1. The second-order valence-corrected chi connectivity index (χ2v) is 5.15. The van der Waals surface area contributed by atoms with Crippen molar-refractivity contribution < 1.29 is 8.78 Å². The van der Waals surface area contributed by atoms with E-state index in [9.17, 15) is 8.78 Å². The smallest absolute Gasteiger partial charge is 0.142 e. The number of aromatic nitrogens is 2. The topological polar surface area (TPSA) is 51.8 Å². The summed E-state index contributed by atoms with van der Waals surface area (Å²) in [6.45, 7) is 0. The predicted molar refractivity (Wildman–Crippen MR) is 74.4 cm³/mol. The van der Waals surface area contributed by atoms with Crippen molar-refractivity contribution in [2.45, 2.75) is 9.92 Å². The highest BCUT2D eigenvalue weighted by Gasteiger charge is 2.14. The average Bonchev–Trinajstić information content (AvgIpc) is 2.43. The van der Waals surface area contributed by atoms with Gasteiger partial charge in [-0.15, -0.1) is 5.10 Å². The Hall–Kier alpha value is -2.21. The lowest BCUT2D eigenvalue weighted by Gasteiger charge is -2.07. The molecule has 0 fully saturated rings. The highest BCUT2D eigenvalue weighted by molar-refractivity contribution is 7.99. The molecule has 0 aliphatic heterocycles. The molecular formula is C14H9F2N3S. The van der Waals surface area contributed by atoms with Gasteiger partial charge in [-0.2, -0.15) is 5.10 Å². The molecule has 100 valence electrons. The third-order valence-electron chi connectivity index (χ3n) is 2.76. The molecule has 0 atom stereocenters. The van der Waals surface area contributed by atoms with Gasteiger partial charge in [0.2, 0.25) is 0 Å². The first kappa shape index (κ1) is 12.8. The van der Waals surface area contributed by atoms with Crippen molar-refractivity contribution in [3.05, 3.63) is 54.2 Å². The molecule has 3 aromatic rings.